The van der Waals surface area contributed by atoms with E-state index in [1.807, 2.05) is 6.92 Å². The molecular weight excluding hydrogens is 504 g/mol. The summed E-state index contributed by atoms with van der Waals surface area (Å²) in [6.45, 7) is 4.05. The third-order valence-electron chi connectivity index (χ3n) is 7.33. The van der Waals surface area contributed by atoms with Gasteiger partial charge in [0.2, 0.25) is 11.8 Å². The molecule has 11 nitrogen and oxygen atoms in total. The number of amides is 4. The zero-order chi connectivity index (χ0) is 28.3. The summed E-state index contributed by atoms with van der Waals surface area (Å²) in [7, 11) is 0. The number of ketones is 1. The third kappa shape index (κ3) is 5.22. The van der Waals surface area contributed by atoms with Crippen LogP contribution in [0.1, 0.15) is 55.1 Å². The van der Waals surface area contributed by atoms with Gasteiger partial charge in [-0.25, -0.2) is 9.69 Å². The molecule has 2 saturated heterocycles. The van der Waals surface area contributed by atoms with Crippen molar-refractivity contribution in [3.8, 4) is 5.75 Å². The van der Waals surface area contributed by atoms with E-state index in [1.54, 1.807) is 24.3 Å². The maximum absolute atomic E-state index is 13.9. The SMILES string of the molecule is CCCOc1ccc(C2NC(CCCNC(N)=O)(C(=O)O)C3C(=O)N(c4ccc(C(C)=O)cc4)C(=O)C23)cc1. The Balaban J connectivity index is 1.73. The van der Waals surface area contributed by atoms with E-state index >= 15 is 0 Å². The summed E-state index contributed by atoms with van der Waals surface area (Å²) in [5, 5.41) is 16.0. The minimum absolute atomic E-state index is 0.0336. The fourth-order valence-electron chi connectivity index (χ4n) is 5.49. The average Bonchev–Trinajstić information content (AvgIpc) is 3.39. The molecule has 0 aromatic heterocycles. The van der Waals surface area contributed by atoms with Gasteiger partial charge in [0.25, 0.3) is 0 Å². The van der Waals surface area contributed by atoms with Crippen LogP contribution in [0.15, 0.2) is 48.5 Å². The number of primary amides is 1. The molecule has 39 heavy (non-hydrogen) atoms. The Morgan fingerprint density at radius 1 is 1.08 bits per heavy atom. The first-order valence-corrected chi connectivity index (χ1v) is 12.9. The van der Waals surface area contributed by atoms with Gasteiger partial charge in [0.05, 0.1) is 24.1 Å². The minimum atomic E-state index is -1.77. The normalized spacial score (nSPS) is 23.9. The number of nitrogens with one attached hydrogen (secondary N) is 2. The number of hydrogen-bond acceptors (Lipinski definition) is 7. The Morgan fingerprint density at radius 3 is 2.31 bits per heavy atom. The molecule has 0 spiro atoms. The van der Waals surface area contributed by atoms with Gasteiger partial charge in [-0.05, 0) is 68.1 Å². The molecule has 2 heterocycles. The highest BCUT2D eigenvalue weighted by Gasteiger charge is 2.68. The van der Waals surface area contributed by atoms with Crippen molar-refractivity contribution in [3.05, 3.63) is 59.7 Å². The smallest absolute Gasteiger partial charge is 0.324 e. The predicted octanol–water partition coefficient (Wildman–Crippen LogP) is 2.40. The Morgan fingerprint density at radius 2 is 1.74 bits per heavy atom. The molecule has 4 rings (SSSR count). The summed E-state index contributed by atoms with van der Waals surface area (Å²) < 4.78 is 5.65. The highest BCUT2D eigenvalue weighted by atomic mass is 16.5. The van der Waals surface area contributed by atoms with Gasteiger partial charge in [-0.2, -0.15) is 0 Å². The van der Waals surface area contributed by atoms with E-state index in [2.05, 4.69) is 10.6 Å². The first-order valence-electron chi connectivity index (χ1n) is 12.9. The lowest BCUT2D eigenvalue weighted by Gasteiger charge is -2.31. The number of fused-ring (bicyclic) bond motifs is 1. The summed E-state index contributed by atoms with van der Waals surface area (Å²) in [6, 6.07) is 11.6. The molecule has 2 aromatic carbocycles. The molecule has 4 atom stereocenters. The second-order valence-corrected chi connectivity index (χ2v) is 9.83. The number of aliphatic carboxylic acids is 1. The monoisotopic (exact) mass is 536 g/mol. The number of carbonyl (C=O) groups is 5. The molecule has 0 aliphatic carbocycles. The number of carbonyl (C=O) groups excluding carboxylic acids is 4. The Bertz CT molecular complexity index is 1280. The standard InChI is InChI=1S/C28H32N4O7/c1-3-15-39-20-11-7-18(8-12-20)23-21-22(28(31-23,26(36)37)13-4-14-30-27(29)38)25(35)32(24(21)34)19-9-5-17(6-10-19)16(2)33/h5-12,21-23,31H,3-4,13-15H2,1-2H3,(H,36,37)(H3,29,30,38). The van der Waals surface area contributed by atoms with E-state index < -0.39 is 47.2 Å². The first-order chi connectivity index (χ1) is 18.6. The predicted molar refractivity (Wildman–Crippen MR) is 141 cm³/mol. The van der Waals surface area contributed by atoms with Crippen molar-refractivity contribution in [3.63, 3.8) is 0 Å². The third-order valence-corrected chi connectivity index (χ3v) is 7.33. The van der Waals surface area contributed by atoms with Crippen LogP contribution in [0.2, 0.25) is 0 Å². The van der Waals surface area contributed by atoms with Crippen LogP contribution in [0.5, 0.6) is 5.75 Å². The van der Waals surface area contributed by atoms with Crippen LogP contribution in [0.4, 0.5) is 10.5 Å². The van der Waals surface area contributed by atoms with Crippen LogP contribution in [-0.2, 0) is 14.4 Å². The van der Waals surface area contributed by atoms with E-state index in [1.165, 1.54) is 31.2 Å². The van der Waals surface area contributed by atoms with Crippen LogP contribution >= 0.6 is 0 Å². The van der Waals surface area contributed by atoms with Crippen molar-refractivity contribution in [1.82, 2.24) is 10.6 Å². The zero-order valence-corrected chi connectivity index (χ0v) is 21.8. The quantitative estimate of drug-likeness (QED) is 0.193. The molecule has 2 fully saturated rings. The van der Waals surface area contributed by atoms with Crippen molar-refractivity contribution < 1.29 is 33.8 Å². The zero-order valence-electron chi connectivity index (χ0n) is 21.8. The van der Waals surface area contributed by atoms with Crippen LogP contribution in [0.3, 0.4) is 0 Å². The summed E-state index contributed by atoms with van der Waals surface area (Å²) in [4.78, 5) is 64.4. The van der Waals surface area contributed by atoms with Gasteiger partial charge < -0.3 is 20.9 Å². The summed E-state index contributed by atoms with van der Waals surface area (Å²) in [5.41, 5.74) is 4.69. The summed E-state index contributed by atoms with van der Waals surface area (Å²) in [6.07, 6.45) is 1.01. The Kier molecular flexibility index (Phi) is 8.01. The number of carboxylic acid groups (broad SMARTS) is 1. The molecule has 4 unspecified atom stereocenters. The van der Waals surface area contributed by atoms with Crippen molar-refractivity contribution in [1.29, 1.82) is 0 Å². The van der Waals surface area contributed by atoms with E-state index in [0.717, 1.165) is 11.3 Å². The lowest BCUT2D eigenvalue weighted by Crippen LogP contribution is -2.56. The van der Waals surface area contributed by atoms with Gasteiger partial charge in [0.15, 0.2) is 5.78 Å². The molecule has 2 aliphatic heterocycles. The number of benzene rings is 2. The van der Waals surface area contributed by atoms with Gasteiger partial charge >= 0.3 is 12.0 Å². The Hall–Kier alpha value is -4.25. The molecule has 11 heteroatoms. The second kappa shape index (κ2) is 11.2. The topological polar surface area (TPSA) is 168 Å². The summed E-state index contributed by atoms with van der Waals surface area (Å²) >= 11 is 0. The molecule has 0 saturated carbocycles. The number of hydrogen-bond donors (Lipinski definition) is 4. The Labute approximate surface area is 225 Å². The van der Waals surface area contributed by atoms with E-state index in [9.17, 15) is 29.1 Å². The number of urea groups is 1. The number of Topliss-reactive ketones (excluding diaryl/α,β-unsaturated/α-hetero) is 1. The fraction of sp³-hybridized carbons (Fsp3) is 0.393. The maximum Gasteiger partial charge on any atom is 0.324 e. The molecule has 2 aromatic rings. The lowest BCUT2D eigenvalue weighted by molar-refractivity contribution is -0.149. The van der Waals surface area contributed by atoms with Crippen LogP contribution < -0.4 is 26.0 Å². The van der Waals surface area contributed by atoms with E-state index in [-0.39, 0.29) is 30.9 Å². The van der Waals surface area contributed by atoms with Gasteiger partial charge in [-0.15, -0.1) is 0 Å². The molecule has 4 amide bonds. The number of ether oxygens (including phenoxy) is 1. The highest BCUT2D eigenvalue weighted by molar-refractivity contribution is 6.24. The number of carboxylic acids is 1. The number of rotatable bonds is 11. The van der Waals surface area contributed by atoms with Gasteiger partial charge in [-0.1, -0.05) is 19.1 Å². The number of nitrogens with zero attached hydrogens (tertiary/aromatic N) is 1. The van der Waals surface area contributed by atoms with Gasteiger partial charge in [0.1, 0.15) is 11.3 Å². The highest BCUT2D eigenvalue weighted by Crippen LogP contribution is 2.51. The van der Waals surface area contributed by atoms with Crippen LogP contribution in [-0.4, -0.2) is 53.4 Å². The second-order valence-electron chi connectivity index (χ2n) is 9.83. The molecular formula is C28H32N4O7. The molecule has 0 radical (unpaired) electrons. The molecule has 2 aliphatic rings. The molecule has 5 N–H and O–H groups in total. The van der Waals surface area contributed by atoms with E-state index in [0.29, 0.717) is 23.5 Å². The number of imide groups is 1. The van der Waals surface area contributed by atoms with Crippen molar-refractivity contribution in [2.45, 2.75) is 44.7 Å². The minimum Gasteiger partial charge on any atom is -0.494 e. The van der Waals surface area contributed by atoms with Crippen LogP contribution in [0.25, 0.3) is 0 Å². The average molecular weight is 537 g/mol. The maximum atomic E-state index is 13.9. The number of nitrogens with two attached hydrogens (primary N) is 1. The van der Waals surface area contributed by atoms with Crippen molar-refractivity contribution >= 4 is 35.3 Å². The molecule has 0 bridgehead atoms. The van der Waals surface area contributed by atoms with Gasteiger partial charge in [-0.3, -0.25) is 24.5 Å². The van der Waals surface area contributed by atoms with Gasteiger partial charge in [0, 0.05) is 18.2 Å². The van der Waals surface area contributed by atoms with Crippen LogP contribution in [0, 0.1) is 11.8 Å². The van der Waals surface area contributed by atoms with Crippen molar-refractivity contribution in [2.75, 3.05) is 18.1 Å². The largest absolute Gasteiger partial charge is 0.494 e. The fourth-order valence-corrected chi connectivity index (χ4v) is 5.49. The number of anilines is 1. The first kappa shape index (κ1) is 27.8. The van der Waals surface area contributed by atoms with E-state index in [4.69, 9.17) is 10.5 Å². The lowest BCUT2D eigenvalue weighted by atomic mass is 9.77. The summed E-state index contributed by atoms with van der Waals surface area (Å²) in [5.74, 6) is -4.15. The van der Waals surface area contributed by atoms with Crippen molar-refractivity contribution in [2.24, 2.45) is 17.6 Å². The molecule has 206 valence electrons.